The number of allylic oxidation sites excluding steroid dienone is 2. The molecule has 1 aromatic heterocycles. The first-order valence-electron chi connectivity index (χ1n) is 6.38. The second-order valence-corrected chi connectivity index (χ2v) is 4.78. The van der Waals surface area contributed by atoms with Gasteiger partial charge in [-0.05, 0) is 6.92 Å². The van der Waals surface area contributed by atoms with E-state index in [9.17, 15) is 14.9 Å². The first-order valence-corrected chi connectivity index (χ1v) is 6.38. The van der Waals surface area contributed by atoms with Crippen molar-refractivity contribution in [3.8, 4) is 0 Å². The third-order valence-corrected chi connectivity index (χ3v) is 3.38. The average molecular weight is 292 g/mol. The van der Waals surface area contributed by atoms with E-state index in [0.717, 1.165) is 0 Å². The molecule has 0 fully saturated rings. The highest BCUT2D eigenvalue weighted by Gasteiger charge is 2.33. The molecule has 1 atom stereocenters. The summed E-state index contributed by atoms with van der Waals surface area (Å²) in [6.45, 7) is 2.25. The number of ether oxygens (including phenoxy) is 1. The van der Waals surface area contributed by atoms with Gasteiger partial charge in [-0.15, -0.1) is 0 Å². The van der Waals surface area contributed by atoms with Crippen LogP contribution in [0.2, 0.25) is 0 Å². The Hall–Kier alpha value is -2.48. The number of aromatic nitrogens is 2. The highest BCUT2D eigenvalue weighted by molar-refractivity contribution is 5.69. The lowest BCUT2D eigenvalue weighted by Crippen LogP contribution is -2.39. The standard InChI is InChI=1S/C13H16N4O4/c1-13(14-7-5-11(18)21-2)6-3-4-10(17(19)20)12-9(13)8-15-16-12/h3-4,6,8,14H,5,7H2,1-2H3,(H,15,16). The first-order chi connectivity index (χ1) is 9.98. The van der Waals surface area contributed by atoms with Gasteiger partial charge in [0.25, 0.3) is 5.70 Å². The van der Waals surface area contributed by atoms with Crippen LogP contribution >= 0.6 is 0 Å². The van der Waals surface area contributed by atoms with E-state index >= 15 is 0 Å². The van der Waals surface area contributed by atoms with Gasteiger partial charge in [0.15, 0.2) is 0 Å². The van der Waals surface area contributed by atoms with E-state index < -0.39 is 10.5 Å². The maximum Gasteiger partial charge on any atom is 0.306 e. The Balaban J connectivity index is 2.24. The number of carbonyl (C=O) groups excluding carboxylic acids is 1. The normalized spacial score (nSPS) is 20.4. The van der Waals surface area contributed by atoms with Crippen LogP contribution in [0.4, 0.5) is 0 Å². The van der Waals surface area contributed by atoms with Crippen molar-refractivity contribution in [1.82, 2.24) is 15.5 Å². The van der Waals surface area contributed by atoms with Crippen LogP contribution in [0, 0.1) is 10.1 Å². The lowest BCUT2D eigenvalue weighted by atomic mass is 9.92. The second-order valence-electron chi connectivity index (χ2n) is 4.78. The first kappa shape index (κ1) is 14.9. The van der Waals surface area contributed by atoms with E-state index in [1.54, 1.807) is 18.3 Å². The van der Waals surface area contributed by atoms with Crippen LogP contribution in [0.1, 0.15) is 24.6 Å². The van der Waals surface area contributed by atoms with Gasteiger partial charge in [-0.1, -0.05) is 12.2 Å². The predicted octanol–water partition coefficient (Wildman–Crippen LogP) is 0.965. The smallest absolute Gasteiger partial charge is 0.306 e. The van der Waals surface area contributed by atoms with Crippen molar-refractivity contribution in [2.24, 2.45) is 0 Å². The zero-order valence-corrected chi connectivity index (χ0v) is 11.8. The number of rotatable bonds is 5. The molecular formula is C13H16N4O4. The molecule has 0 amide bonds. The molecule has 0 aromatic carbocycles. The maximum absolute atomic E-state index is 11.2. The Morgan fingerprint density at radius 2 is 2.38 bits per heavy atom. The van der Waals surface area contributed by atoms with Gasteiger partial charge in [0.05, 0.1) is 30.2 Å². The molecule has 0 aliphatic heterocycles. The van der Waals surface area contributed by atoms with Crippen LogP contribution in [-0.4, -0.2) is 34.7 Å². The minimum absolute atomic E-state index is 0.0442. The van der Waals surface area contributed by atoms with E-state index in [-0.39, 0.29) is 18.1 Å². The fraction of sp³-hybridized carbons (Fsp3) is 0.385. The molecule has 1 heterocycles. The van der Waals surface area contributed by atoms with Crippen LogP contribution < -0.4 is 5.32 Å². The largest absolute Gasteiger partial charge is 0.469 e. The molecule has 21 heavy (non-hydrogen) atoms. The SMILES string of the molecule is COC(=O)CCNC1(C)C=CC=C([N+](=O)[O-])c2[nH]ncc21. The molecule has 0 saturated carbocycles. The molecule has 0 saturated heterocycles. The number of hydrogen-bond donors (Lipinski definition) is 2. The summed E-state index contributed by atoms with van der Waals surface area (Å²) in [7, 11) is 1.33. The summed E-state index contributed by atoms with van der Waals surface area (Å²) in [4.78, 5) is 21.8. The summed E-state index contributed by atoms with van der Waals surface area (Å²) in [5.74, 6) is -0.319. The third kappa shape index (κ3) is 3.00. The Labute approximate surface area is 121 Å². The quantitative estimate of drug-likeness (QED) is 0.475. The Morgan fingerprint density at radius 1 is 1.62 bits per heavy atom. The van der Waals surface area contributed by atoms with Crippen molar-refractivity contribution < 1.29 is 14.5 Å². The van der Waals surface area contributed by atoms with Gasteiger partial charge in [-0.2, -0.15) is 5.10 Å². The molecule has 0 spiro atoms. The van der Waals surface area contributed by atoms with Gasteiger partial charge in [-0.3, -0.25) is 20.0 Å². The van der Waals surface area contributed by atoms with Crippen molar-refractivity contribution in [3.63, 3.8) is 0 Å². The topological polar surface area (TPSA) is 110 Å². The molecule has 8 heteroatoms. The van der Waals surface area contributed by atoms with Crippen LogP contribution in [-0.2, 0) is 15.1 Å². The zero-order valence-electron chi connectivity index (χ0n) is 11.8. The number of esters is 1. The van der Waals surface area contributed by atoms with Gasteiger partial charge in [-0.25, -0.2) is 0 Å². The molecular weight excluding hydrogens is 276 g/mol. The van der Waals surface area contributed by atoms with Crippen LogP contribution in [0.15, 0.2) is 24.4 Å². The fourth-order valence-electron chi connectivity index (χ4n) is 2.21. The van der Waals surface area contributed by atoms with E-state index in [1.165, 1.54) is 13.2 Å². The van der Waals surface area contributed by atoms with E-state index in [2.05, 4.69) is 20.3 Å². The average Bonchev–Trinajstić information content (AvgIpc) is 2.88. The zero-order chi connectivity index (χ0) is 15.5. The summed E-state index contributed by atoms with van der Waals surface area (Å²) in [6.07, 6.45) is 6.60. The summed E-state index contributed by atoms with van der Waals surface area (Å²) in [6, 6.07) is 0. The number of carbonyl (C=O) groups is 1. The highest BCUT2D eigenvalue weighted by Crippen LogP contribution is 2.31. The molecule has 1 aliphatic carbocycles. The second kappa shape index (κ2) is 5.88. The van der Waals surface area contributed by atoms with Crippen molar-refractivity contribution in [3.05, 3.63) is 45.8 Å². The van der Waals surface area contributed by atoms with Crippen molar-refractivity contribution in [2.45, 2.75) is 18.9 Å². The monoisotopic (exact) mass is 292 g/mol. The van der Waals surface area contributed by atoms with Crippen LogP contribution in [0.5, 0.6) is 0 Å². The number of fused-ring (bicyclic) bond motifs is 1. The number of hydrogen-bond acceptors (Lipinski definition) is 6. The van der Waals surface area contributed by atoms with E-state index in [1.807, 2.05) is 6.92 Å². The Morgan fingerprint density at radius 3 is 3.05 bits per heavy atom. The number of aromatic amines is 1. The van der Waals surface area contributed by atoms with Gasteiger partial charge in [0.2, 0.25) is 0 Å². The Bertz CT molecular complexity index is 619. The molecule has 0 radical (unpaired) electrons. The van der Waals surface area contributed by atoms with E-state index in [4.69, 9.17) is 0 Å². The minimum atomic E-state index is -0.662. The van der Waals surface area contributed by atoms with Gasteiger partial charge < -0.3 is 10.1 Å². The molecule has 1 unspecified atom stereocenters. The summed E-state index contributed by atoms with van der Waals surface area (Å²) in [5.41, 5.74) is 0.310. The molecule has 1 aromatic rings. The maximum atomic E-state index is 11.2. The number of H-pyrrole nitrogens is 1. The lowest BCUT2D eigenvalue weighted by molar-refractivity contribution is -0.375. The van der Waals surface area contributed by atoms with Gasteiger partial charge in [0, 0.05) is 18.2 Å². The molecule has 112 valence electrons. The van der Waals surface area contributed by atoms with Gasteiger partial charge >= 0.3 is 5.97 Å². The molecule has 2 N–H and O–H groups in total. The van der Waals surface area contributed by atoms with Gasteiger partial charge in [0.1, 0.15) is 5.69 Å². The summed E-state index contributed by atoms with van der Waals surface area (Å²) >= 11 is 0. The molecule has 2 rings (SSSR count). The van der Waals surface area contributed by atoms with Crippen LogP contribution in [0.25, 0.3) is 5.70 Å². The highest BCUT2D eigenvalue weighted by atomic mass is 16.6. The number of methoxy groups -OCH3 is 1. The summed E-state index contributed by atoms with van der Waals surface area (Å²) < 4.78 is 4.59. The van der Waals surface area contributed by atoms with Crippen molar-refractivity contribution in [1.29, 1.82) is 0 Å². The van der Waals surface area contributed by atoms with E-state index in [0.29, 0.717) is 17.8 Å². The number of nitrogens with one attached hydrogen (secondary N) is 2. The lowest BCUT2D eigenvalue weighted by Gasteiger charge is -2.26. The number of nitro groups is 1. The third-order valence-electron chi connectivity index (χ3n) is 3.38. The fourth-order valence-corrected chi connectivity index (χ4v) is 2.21. The molecule has 8 nitrogen and oxygen atoms in total. The minimum Gasteiger partial charge on any atom is -0.469 e. The van der Waals surface area contributed by atoms with Crippen molar-refractivity contribution in [2.75, 3.05) is 13.7 Å². The molecule has 0 bridgehead atoms. The molecule has 1 aliphatic rings. The Kier molecular flexibility index (Phi) is 4.18. The van der Waals surface area contributed by atoms with Crippen LogP contribution in [0.3, 0.4) is 0 Å². The van der Waals surface area contributed by atoms with Crippen molar-refractivity contribution >= 4 is 11.7 Å². The summed E-state index contributed by atoms with van der Waals surface area (Å²) in [5, 5.41) is 20.9. The number of nitrogens with zero attached hydrogens (tertiary/aromatic N) is 2. The predicted molar refractivity (Wildman–Crippen MR) is 74.7 cm³/mol.